The van der Waals surface area contributed by atoms with Gasteiger partial charge in [0.2, 0.25) is 11.8 Å². The van der Waals surface area contributed by atoms with Crippen LogP contribution in [0.5, 0.6) is 11.5 Å². The summed E-state index contributed by atoms with van der Waals surface area (Å²) in [5, 5.41) is 33.1. The maximum Gasteiger partial charge on any atom is 0.234 e. The number of allylic oxidation sites excluding steroid dienone is 1. The number of aryl methyl sites for hydroxylation is 2. The SMILES string of the molecule is CC/C(=C\c1cc(C)c(O)c(C)c1)CC[C@@H](O)C1=C(COc2ccccc2)C[C@H]2C(=O)N(C3CCN(Cc4ccccc4)CC3)C(=O)[C@H]2[C@H]1CO. The summed E-state index contributed by atoms with van der Waals surface area (Å²) in [6.45, 7) is 8.11. The first-order valence-corrected chi connectivity index (χ1v) is 18.5. The lowest BCUT2D eigenvalue weighted by Gasteiger charge is -2.37. The molecule has 3 aliphatic rings. The number of likely N-dealkylation sites (tertiary alicyclic amines) is 2. The van der Waals surface area contributed by atoms with Gasteiger partial charge >= 0.3 is 0 Å². The second-order valence-corrected chi connectivity index (χ2v) is 14.5. The van der Waals surface area contributed by atoms with Crippen molar-refractivity contribution >= 4 is 17.9 Å². The van der Waals surface area contributed by atoms with E-state index in [1.54, 1.807) is 0 Å². The summed E-state index contributed by atoms with van der Waals surface area (Å²) in [5.41, 5.74) is 6.45. The lowest BCUT2D eigenvalue weighted by atomic mass is 9.68. The predicted octanol–water partition coefficient (Wildman–Crippen LogP) is 6.60. The zero-order chi connectivity index (χ0) is 36.1. The van der Waals surface area contributed by atoms with Gasteiger partial charge < -0.3 is 20.1 Å². The van der Waals surface area contributed by atoms with Gasteiger partial charge in [-0.15, -0.1) is 0 Å². The number of rotatable bonds is 13. The van der Waals surface area contributed by atoms with Gasteiger partial charge in [-0.3, -0.25) is 19.4 Å². The number of phenolic OH excluding ortho intramolecular Hbond substituents is 1. The van der Waals surface area contributed by atoms with E-state index >= 15 is 0 Å². The summed E-state index contributed by atoms with van der Waals surface area (Å²) in [4.78, 5) is 32.3. The number of amides is 2. The number of nitrogens with zero attached hydrogens (tertiary/aromatic N) is 2. The Kier molecular flexibility index (Phi) is 11.8. The fourth-order valence-electron chi connectivity index (χ4n) is 8.48. The van der Waals surface area contributed by atoms with Crippen LogP contribution >= 0.6 is 0 Å². The van der Waals surface area contributed by atoms with Crippen LogP contribution in [0.4, 0.5) is 0 Å². The van der Waals surface area contributed by atoms with Crippen LogP contribution in [-0.4, -0.2) is 75.4 Å². The maximum atomic E-state index is 14.3. The molecule has 3 aromatic carbocycles. The molecule has 270 valence electrons. The van der Waals surface area contributed by atoms with Crippen molar-refractivity contribution in [3.63, 3.8) is 0 Å². The highest BCUT2D eigenvalue weighted by Gasteiger charge is 2.56. The molecule has 0 spiro atoms. The first-order valence-electron chi connectivity index (χ1n) is 18.5. The van der Waals surface area contributed by atoms with Crippen molar-refractivity contribution < 1.29 is 29.6 Å². The summed E-state index contributed by atoms with van der Waals surface area (Å²) in [6, 6.07) is 23.5. The molecule has 2 aliphatic heterocycles. The summed E-state index contributed by atoms with van der Waals surface area (Å²) < 4.78 is 6.19. The molecular formula is C43H52N2O6. The van der Waals surface area contributed by atoms with E-state index in [-0.39, 0.29) is 31.1 Å². The second kappa shape index (κ2) is 16.4. The van der Waals surface area contributed by atoms with E-state index in [0.717, 1.165) is 53.9 Å². The van der Waals surface area contributed by atoms with Crippen molar-refractivity contribution in [1.29, 1.82) is 0 Å². The number of carbonyl (C=O) groups excluding carboxylic acids is 2. The number of aliphatic hydroxyl groups is 2. The Morgan fingerprint density at radius 1 is 0.961 bits per heavy atom. The van der Waals surface area contributed by atoms with Gasteiger partial charge in [0.25, 0.3) is 0 Å². The molecule has 0 aromatic heterocycles. The average molecular weight is 693 g/mol. The number of aliphatic hydroxyl groups excluding tert-OH is 2. The number of para-hydroxylation sites is 1. The van der Waals surface area contributed by atoms with E-state index in [1.807, 2.05) is 74.5 Å². The average Bonchev–Trinajstić information content (AvgIpc) is 3.40. The van der Waals surface area contributed by atoms with E-state index < -0.39 is 23.9 Å². The van der Waals surface area contributed by atoms with Crippen LogP contribution in [0.15, 0.2) is 89.5 Å². The Bertz CT molecular complexity index is 1720. The first-order chi connectivity index (χ1) is 24.7. The van der Waals surface area contributed by atoms with Gasteiger partial charge in [0.1, 0.15) is 18.1 Å². The fraction of sp³-hybridized carbons (Fsp3) is 0.442. The molecule has 3 aromatic rings. The monoisotopic (exact) mass is 692 g/mol. The quantitative estimate of drug-likeness (QED) is 0.137. The molecule has 8 heteroatoms. The summed E-state index contributed by atoms with van der Waals surface area (Å²) in [5.74, 6) is -1.38. The summed E-state index contributed by atoms with van der Waals surface area (Å²) in [7, 11) is 0. The molecule has 2 amide bonds. The van der Waals surface area contributed by atoms with Gasteiger partial charge in [0.05, 0.1) is 24.5 Å². The Morgan fingerprint density at radius 3 is 2.24 bits per heavy atom. The van der Waals surface area contributed by atoms with Crippen molar-refractivity contribution in [2.24, 2.45) is 17.8 Å². The van der Waals surface area contributed by atoms with Crippen LogP contribution in [0.1, 0.15) is 67.7 Å². The summed E-state index contributed by atoms with van der Waals surface area (Å²) >= 11 is 0. The minimum Gasteiger partial charge on any atom is -0.507 e. The highest BCUT2D eigenvalue weighted by atomic mass is 16.5. The topological polar surface area (TPSA) is 111 Å². The van der Waals surface area contributed by atoms with Crippen LogP contribution in [0.2, 0.25) is 0 Å². The smallest absolute Gasteiger partial charge is 0.234 e. The minimum atomic E-state index is -0.922. The number of hydrogen-bond donors (Lipinski definition) is 3. The van der Waals surface area contributed by atoms with Crippen molar-refractivity contribution in [3.8, 4) is 11.5 Å². The Labute approximate surface area is 302 Å². The zero-order valence-electron chi connectivity index (χ0n) is 30.1. The molecule has 3 N–H and O–H groups in total. The molecule has 2 heterocycles. The van der Waals surface area contributed by atoms with Crippen LogP contribution in [-0.2, 0) is 16.1 Å². The number of fused-ring (bicyclic) bond motifs is 1. The van der Waals surface area contributed by atoms with Gasteiger partial charge in [0, 0.05) is 31.6 Å². The normalized spacial score (nSPS) is 22.4. The number of phenols is 1. The van der Waals surface area contributed by atoms with Crippen molar-refractivity contribution in [1.82, 2.24) is 9.80 Å². The molecule has 0 unspecified atom stereocenters. The molecule has 2 saturated heterocycles. The second-order valence-electron chi connectivity index (χ2n) is 14.5. The lowest BCUT2D eigenvalue weighted by Crippen LogP contribution is -2.47. The van der Waals surface area contributed by atoms with Gasteiger partial charge in [-0.1, -0.05) is 67.1 Å². The van der Waals surface area contributed by atoms with E-state index in [4.69, 9.17) is 4.74 Å². The Morgan fingerprint density at radius 2 is 1.61 bits per heavy atom. The molecular weight excluding hydrogens is 640 g/mol. The highest BCUT2D eigenvalue weighted by molar-refractivity contribution is 6.06. The molecule has 6 rings (SSSR count). The molecule has 4 atom stereocenters. The van der Waals surface area contributed by atoms with E-state index in [0.29, 0.717) is 49.2 Å². The number of piperidine rings is 1. The standard InChI is InChI=1S/C43H52N2O6/c1-4-30(23-32-21-28(2)41(48)29(3)22-32)15-16-38(47)39-33(27-51-35-13-9-6-10-14-35)24-36-40(37(39)26-46)43(50)45(42(36)49)34-17-19-44(20-18-34)25-31-11-7-5-8-12-31/h5-14,21-23,34,36-38,40,46-48H,4,15-20,24-27H2,1-3H3/b30-23+/t36-,37+,38-,40-/m1/s1. The molecule has 8 nitrogen and oxygen atoms in total. The van der Waals surface area contributed by atoms with Crippen LogP contribution in [0.3, 0.4) is 0 Å². The molecule has 0 bridgehead atoms. The van der Waals surface area contributed by atoms with Gasteiger partial charge in [-0.05, 0) is 110 Å². The third kappa shape index (κ3) is 8.14. The number of carbonyl (C=O) groups is 2. The number of imide groups is 1. The first kappa shape index (κ1) is 36.5. The van der Waals surface area contributed by atoms with Crippen molar-refractivity contribution in [2.75, 3.05) is 26.3 Å². The molecule has 0 saturated carbocycles. The Hall–Kier alpha value is -4.24. The number of hydrogen-bond acceptors (Lipinski definition) is 7. The lowest BCUT2D eigenvalue weighted by molar-refractivity contribution is -0.144. The van der Waals surface area contributed by atoms with E-state index in [1.165, 1.54) is 10.5 Å². The predicted molar refractivity (Wildman–Crippen MR) is 199 cm³/mol. The summed E-state index contributed by atoms with van der Waals surface area (Å²) in [6.07, 6.45) is 4.74. The van der Waals surface area contributed by atoms with Crippen molar-refractivity contribution in [3.05, 3.63) is 112 Å². The number of ether oxygens (including phenoxy) is 1. The Balaban J connectivity index is 1.21. The number of aromatic hydroxyl groups is 1. The van der Waals surface area contributed by atoms with Crippen LogP contribution in [0, 0.1) is 31.6 Å². The maximum absolute atomic E-state index is 14.3. The van der Waals surface area contributed by atoms with Crippen molar-refractivity contribution in [2.45, 2.75) is 78.0 Å². The minimum absolute atomic E-state index is 0.161. The van der Waals surface area contributed by atoms with Crippen LogP contribution < -0.4 is 4.74 Å². The molecule has 0 radical (unpaired) electrons. The highest BCUT2D eigenvalue weighted by Crippen LogP contribution is 2.47. The number of benzene rings is 3. The zero-order valence-corrected chi connectivity index (χ0v) is 30.1. The van der Waals surface area contributed by atoms with Gasteiger partial charge in [-0.25, -0.2) is 0 Å². The molecule has 51 heavy (non-hydrogen) atoms. The van der Waals surface area contributed by atoms with E-state index in [9.17, 15) is 24.9 Å². The molecule has 2 fully saturated rings. The third-order valence-corrected chi connectivity index (χ3v) is 11.2. The van der Waals surface area contributed by atoms with E-state index in [2.05, 4.69) is 30.0 Å². The fourth-order valence-corrected chi connectivity index (χ4v) is 8.48. The van der Waals surface area contributed by atoms with Crippen LogP contribution in [0.25, 0.3) is 6.08 Å². The largest absolute Gasteiger partial charge is 0.507 e. The van der Waals surface area contributed by atoms with Gasteiger partial charge in [-0.2, -0.15) is 0 Å². The third-order valence-electron chi connectivity index (χ3n) is 11.2. The van der Waals surface area contributed by atoms with Gasteiger partial charge in [0.15, 0.2) is 0 Å². The molecule has 1 aliphatic carbocycles.